The van der Waals surface area contributed by atoms with E-state index in [2.05, 4.69) is 15.2 Å². The fourth-order valence-electron chi connectivity index (χ4n) is 3.20. The summed E-state index contributed by atoms with van der Waals surface area (Å²) in [6.45, 7) is -0.233. The first-order chi connectivity index (χ1) is 13.9. The molecule has 10 nitrogen and oxygen atoms in total. The van der Waals surface area contributed by atoms with E-state index in [1.54, 1.807) is 0 Å². The number of sulfone groups is 1. The number of aromatic nitrogens is 2. The van der Waals surface area contributed by atoms with Crippen LogP contribution in [0, 0.1) is 0 Å². The highest BCUT2D eigenvalue weighted by Gasteiger charge is 2.37. The fraction of sp³-hybridized carbons (Fsp3) is 0.389. The average Bonchev–Trinajstić information content (AvgIpc) is 3.33. The Morgan fingerprint density at radius 3 is 2.76 bits per heavy atom. The number of rotatable bonds is 5. The lowest BCUT2D eigenvalue weighted by Crippen LogP contribution is -2.42. The van der Waals surface area contributed by atoms with Crippen LogP contribution in [0.1, 0.15) is 25.2 Å². The maximum atomic E-state index is 12.3. The Labute approximate surface area is 166 Å². The van der Waals surface area contributed by atoms with Crippen molar-refractivity contribution in [2.45, 2.75) is 31.9 Å². The lowest BCUT2D eigenvalue weighted by molar-refractivity contribution is -0.138. The van der Waals surface area contributed by atoms with Crippen molar-refractivity contribution in [3.05, 3.63) is 36.2 Å². The first-order valence-corrected chi connectivity index (χ1v) is 10.9. The van der Waals surface area contributed by atoms with E-state index >= 15 is 0 Å². The van der Waals surface area contributed by atoms with Crippen molar-refractivity contribution >= 4 is 27.4 Å². The Kier molecular flexibility index (Phi) is 5.14. The molecule has 11 heteroatoms. The minimum absolute atomic E-state index is 0.0116. The molecule has 1 amide bonds. The van der Waals surface area contributed by atoms with Crippen LogP contribution >= 0.6 is 0 Å². The van der Waals surface area contributed by atoms with Crippen molar-refractivity contribution in [3.8, 4) is 11.4 Å². The van der Waals surface area contributed by atoms with Gasteiger partial charge in [0.25, 0.3) is 5.89 Å². The van der Waals surface area contributed by atoms with Gasteiger partial charge < -0.3 is 9.26 Å². The SMILES string of the molecule is O=C(OCc1nc(-c2ccccc2)no1)C1=NN(C2CCS(=O)(=O)C2)C(=O)CC1. The number of carbonyl (C=O) groups excluding carboxylic acids is 2. The van der Waals surface area contributed by atoms with Gasteiger partial charge >= 0.3 is 5.97 Å². The number of hydrazone groups is 1. The van der Waals surface area contributed by atoms with E-state index in [0.717, 1.165) is 10.6 Å². The number of benzene rings is 1. The summed E-state index contributed by atoms with van der Waals surface area (Å²) in [5, 5.41) is 9.03. The minimum atomic E-state index is -3.18. The van der Waals surface area contributed by atoms with Crippen molar-refractivity contribution in [3.63, 3.8) is 0 Å². The molecule has 1 fully saturated rings. The number of nitrogens with zero attached hydrogens (tertiary/aromatic N) is 4. The summed E-state index contributed by atoms with van der Waals surface area (Å²) in [7, 11) is -3.18. The van der Waals surface area contributed by atoms with Gasteiger partial charge in [0.1, 0.15) is 5.71 Å². The molecule has 1 saturated heterocycles. The van der Waals surface area contributed by atoms with Gasteiger partial charge in [-0.25, -0.2) is 18.2 Å². The van der Waals surface area contributed by atoms with Crippen LogP contribution in [0.4, 0.5) is 0 Å². The van der Waals surface area contributed by atoms with Gasteiger partial charge in [0.2, 0.25) is 11.7 Å². The van der Waals surface area contributed by atoms with Gasteiger partial charge in [-0.3, -0.25) is 4.79 Å². The molecule has 0 bridgehead atoms. The topological polar surface area (TPSA) is 132 Å². The van der Waals surface area contributed by atoms with E-state index in [1.165, 1.54) is 0 Å². The molecular weight excluding hydrogens is 400 g/mol. The second-order valence-electron chi connectivity index (χ2n) is 6.80. The molecule has 1 atom stereocenters. The maximum Gasteiger partial charge on any atom is 0.355 e. The summed E-state index contributed by atoms with van der Waals surface area (Å²) >= 11 is 0. The number of carbonyl (C=O) groups is 2. The molecule has 0 radical (unpaired) electrons. The molecule has 4 rings (SSSR count). The first-order valence-electron chi connectivity index (χ1n) is 9.06. The lowest BCUT2D eigenvalue weighted by Gasteiger charge is -2.27. The van der Waals surface area contributed by atoms with Crippen LogP contribution in [0.2, 0.25) is 0 Å². The maximum absolute atomic E-state index is 12.3. The molecule has 0 N–H and O–H groups in total. The quantitative estimate of drug-likeness (QED) is 0.656. The van der Waals surface area contributed by atoms with E-state index < -0.39 is 21.8 Å². The fourth-order valence-corrected chi connectivity index (χ4v) is 4.89. The summed E-state index contributed by atoms with van der Waals surface area (Å²) in [6.07, 6.45) is 0.514. The van der Waals surface area contributed by atoms with Crippen molar-refractivity contribution in [1.82, 2.24) is 15.1 Å². The second-order valence-corrected chi connectivity index (χ2v) is 9.02. The Hall–Kier alpha value is -3.08. The minimum Gasteiger partial charge on any atom is -0.451 e. The zero-order chi connectivity index (χ0) is 20.4. The monoisotopic (exact) mass is 418 g/mol. The van der Waals surface area contributed by atoms with Gasteiger partial charge in [0.05, 0.1) is 17.5 Å². The third-order valence-electron chi connectivity index (χ3n) is 4.68. The Morgan fingerprint density at radius 2 is 2.03 bits per heavy atom. The molecule has 0 saturated carbocycles. The van der Waals surface area contributed by atoms with Gasteiger partial charge in [-0.2, -0.15) is 10.1 Å². The van der Waals surface area contributed by atoms with Gasteiger partial charge in [0.15, 0.2) is 16.4 Å². The second kappa shape index (κ2) is 7.74. The molecule has 2 aromatic rings. The van der Waals surface area contributed by atoms with Crippen LogP contribution in [-0.4, -0.2) is 58.7 Å². The highest BCUT2D eigenvalue weighted by Crippen LogP contribution is 2.22. The van der Waals surface area contributed by atoms with Crippen LogP contribution < -0.4 is 0 Å². The van der Waals surface area contributed by atoms with E-state index in [4.69, 9.17) is 9.26 Å². The molecule has 1 aromatic heterocycles. The van der Waals surface area contributed by atoms with E-state index in [9.17, 15) is 18.0 Å². The number of hydrogen-bond donors (Lipinski definition) is 0. The predicted molar refractivity (Wildman–Crippen MR) is 100 cm³/mol. The zero-order valence-electron chi connectivity index (χ0n) is 15.4. The number of esters is 1. The van der Waals surface area contributed by atoms with Crippen molar-refractivity contribution in [2.75, 3.05) is 11.5 Å². The Morgan fingerprint density at radius 1 is 1.24 bits per heavy atom. The number of ether oxygens (including phenoxy) is 1. The molecule has 3 heterocycles. The molecule has 2 aliphatic rings. The highest BCUT2D eigenvalue weighted by atomic mass is 32.2. The average molecular weight is 418 g/mol. The third kappa shape index (κ3) is 4.34. The van der Waals surface area contributed by atoms with Gasteiger partial charge in [-0.15, -0.1) is 0 Å². The molecule has 1 unspecified atom stereocenters. The molecule has 1 aromatic carbocycles. The molecular formula is C18H18N4O6S. The summed E-state index contributed by atoms with van der Waals surface area (Å²) in [6, 6.07) is 8.66. The molecule has 0 aliphatic carbocycles. The van der Waals surface area contributed by atoms with Gasteiger partial charge in [0, 0.05) is 18.4 Å². The van der Waals surface area contributed by atoms with Crippen LogP contribution in [0.15, 0.2) is 40.0 Å². The van der Waals surface area contributed by atoms with Crippen LogP contribution in [0.25, 0.3) is 11.4 Å². The molecule has 0 spiro atoms. The Bertz CT molecular complexity index is 1060. The van der Waals surface area contributed by atoms with E-state index in [1.807, 2.05) is 30.3 Å². The highest BCUT2D eigenvalue weighted by molar-refractivity contribution is 7.91. The predicted octanol–water partition coefficient (Wildman–Crippen LogP) is 0.945. The summed E-state index contributed by atoms with van der Waals surface area (Å²) in [5.74, 6) is -0.628. The van der Waals surface area contributed by atoms with E-state index in [0.29, 0.717) is 12.2 Å². The Balaban J connectivity index is 1.40. The van der Waals surface area contributed by atoms with Crippen LogP contribution in [-0.2, 0) is 30.8 Å². The molecule has 29 heavy (non-hydrogen) atoms. The lowest BCUT2D eigenvalue weighted by atomic mass is 10.1. The first kappa shape index (κ1) is 19.2. The largest absolute Gasteiger partial charge is 0.451 e. The van der Waals surface area contributed by atoms with Crippen LogP contribution in [0.5, 0.6) is 0 Å². The van der Waals surface area contributed by atoms with Crippen molar-refractivity contribution in [1.29, 1.82) is 0 Å². The zero-order valence-corrected chi connectivity index (χ0v) is 16.2. The summed E-state index contributed by atoms with van der Waals surface area (Å²) < 4.78 is 33.6. The normalized spacial score (nSPS) is 21.1. The van der Waals surface area contributed by atoms with Crippen LogP contribution in [0.3, 0.4) is 0 Å². The van der Waals surface area contributed by atoms with Crippen molar-refractivity contribution < 1.29 is 27.3 Å². The third-order valence-corrected chi connectivity index (χ3v) is 6.43. The summed E-state index contributed by atoms with van der Waals surface area (Å²) in [5.41, 5.74) is 0.836. The standard InChI is InChI=1S/C18H18N4O6S/c23-16-7-6-14(20-22(16)13-8-9-29(25,26)11-13)18(24)27-10-15-19-17(21-28-15)12-4-2-1-3-5-12/h1-5,13H,6-11H2. The smallest absolute Gasteiger partial charge is 0.355 e. The van der Waals surface area contributed by atoms with Gasteiger partial charge in [-0.05, 0) is 6.42 Å². The number of hydrogen-bond acceptors (Lipinski definition) is 9. The van der Waals surface area contributed by atoms with Gasteiger partial charge in [-0.1, -0.05) is 35.5 Å². The van der Waals surface area contributed by atoms with Crippen molar-refractivity contribution in [2.24, 2.45) is 5.10 Å². The summed E-state index contributed by atoms with van der Waals surface area (Å²) in [4.78, 5) is 28.6. The number of amides is 1. The van der Waals surface area contributed by atoms with E-state index in [-0.39, 0.29) is 48.5 Å². The molecule has 2 aliphatic heterocycles. The molecule has 152 valence electrons.